The first kappa shape index (κ1) is 53.2. The Kier molecular flexibility index (Phi) is 13.2. The van der Waals surface area contributed by atoms with Gasteiger partial charge in [0.25, 0.3) is 0 Å². The van der Waals surface area contributed by atoms with Gasteiger partial charge in [-0.05, 0) is 101 Å². The Labute approximate surface area is 517 Å². The second kappa shape index (κ2) is 22.2. The highest BCUT2D eigenvalue weighted by molar-refractivity contribution is 6.14. The predicted octanol–water partition coefficient (Wildman–Crippen LogP) is 20.6. The van der Waals surface area contributed by atoms with Crippen LogP contribution in [-0.4, -0.2) is 29.1 Å². The van der Waals surface area contributed by atoms with Gasteiger partial charge in [0.1, 0.15) is 11.6 Å². The summed E-state index contributed by atoms with van der Waals surface area (Å²) >= 11 is 0. The number of nitrogens with zero attached hydrogens (tertiary/aromatic N) is 7. The molecule has 0 atom stereocenters. The van der Waals surface area contributed by atoms with Crippen LogP contribution in [0.25, 0.3) is 156 Å². The van der Waals surface area contributed by atoms with Gasteiger partial charge in [-0.1, -0.05) is 194 Å². The third kappa shape index (κ3) is 9.62. The first-order valence-electron chi connectivity index (χ1n) is 29.6. The van der Waals surface area contributed by atoms with E-state index in [0.717, 1.165) is 139 Å². The first-order valence-corrected chi connectivity index (χ1v) is 29.6. The molecule has 0 aliphatic heterocycles. The second-order valence-electron chi connectivity index (χ2n) is 22.5. The van der Waals surface area contributed by atoms with E-state index < -0.39 is 11.6 Å². The standard InChI is InChI=1S/C81H49F2N7/c82-65-39-64(40-66(83)45-65)81-79(89-75-41-56(60-25-33-71(85-47-60)52-13-5-1-6-14-52)21-29-67(75)68-30-22-57(42-76(68)89)61-26-34-72(86-48-61)53-15-7-2-8-16-53)37-51(46-84)38-80(81)90-77-43-58(62-27-35-73(87-49-62)54-17-9-3-10-18-54)23-31-69(77)70-32-24-59(44-78(70)90)63-28-36-74(88-50-63)55-19-11-4-12-20-55/h1-45,47-50H. The molecule has 10 aromatic carbocycles. The molecule has 0 saturated carbocycles. The Hall–Kier alpha value is -12.3. The molecule has 422 valence electrons. The van der Waals surface area contributed by atoms with Crippen LogP contribution < -0.4 is 0 Å². The van der Waals surface area contributed by atoms with Crippen LogP contribution in [0.15, 0.2) is 298 Å². The van der Waals surface area contributed by atoms with Crippen molar-refractivity contribution in [2.75, 3.05) is 0 Å². The SMILES string of the molecule is N#Cc1cc(-n2c3cc(-c4ccc(-c5ccccc5)nc4)ccc3c3ccc(-c4ccc(-c5ccccc5)nc4)cc32)c(-c2cc(F)cc(F)c2)c(-n2c3cc(-c4ccc(-c5ccccc5)nc4)ccc3c3ccc(-c4ccc(-c5ccccc5)nc4)cc32)c1. The van der Waals surface area contributed by atoms with Gasteiger partial charge in [-0.15, -0.1) is 0 Å². The highest BCUT2D eigenvalue weighted by Gasteiger charge is 2.26. The van der Waals surface area contributed by atoms with E-state index in [2.05, 4.69) is 112 Å². The molecule has 0 amide bonds. The van der Waals surface area contributed by atoms with E-state index in [1.54, 1.807) is 0 Å². The molecule has 7 nitrogen and oxygen atoms in total. The Morgan fingerprint density at radius 2 is 0.544 bits per heavy atom. The second-order valence-corrected chi connectivity index (χ2v) is 22.5. The maximum atomic E-state index is 16.4. The summed E-state index contributed by atoms with van der Waals surface area (Å²) in [4.78, 5) is 19.7. The van der Waals surface area contributed by atoms with Gasteiger partial charge in [-0.3, -0.25) is 19.9 Å². The number of rotatable bonds is 11. The summed E-state index contributed by atoms with van der Waals surface area (Å²) in [5.41, 5.74) is 19.9. The van der Waals surface area contributed by atoms with Gasteiger partial charge < -0.3 is 9.13 Å². The quantitative estimate of drug-likeness (QED) is 0.129. The molecule has 0 aliphatic carbocycles. The maximum Gasteiger partial charge on any atom is 0.126 e. The van der Waals surface area contributed by atoms with Crippen LogP contribution in [0.3, 0.4) is 0 Å². The minimum Gasteiger partial charge on any atom is -0.308 e. The van der Waals surface area contributed by atoms with E-state index in [1.807, 2.05) is 183 Å². The van der Waals surface area contributed by atoms with Gasteiger partial charge in [-0.2, -0.15) is 5.26 Å². The topological polar surface area (TPSA) is 85.2 Å². The average molecular weight is 1160 g/mol. The number of fused-ring (bicyclic) bond motifs is 6. The Bertz CT molecular complexity index is 4840. The summed E-state index contributed by atoms with van der Waals surface area (Å²) in [6, 6.07) is 92.1. The van der Waals surface area contributed by atoms with Gasteiger partial charge in [0.2, 0.25) is 0 Å². The summed E-state index contributed by atoms with van der Waals surface area (Å²) in [5, 5.41) is 15.2. The third-order valence-electron chi connectivity index (χ3n) is 17.1. The van der Waals surface area contributed by atoms with Crippen LogP contribution >= 0.6 is 0 Å². The summed E-state index contributed by atoms with van der Waals surface area (Å²) in [5.74, 6) is -1.50. The highest BCUT2D eigenvalue weighted by Crippen LogP contribution is 2.46. The molecule has 16 aromatic rings. The Morgan fingerprint density at radius 3 is 0.800 bits per heavy atom. The molecule has 0 saturated heterocycles. The minimum atomic E-state index is -0.749. The smallest absolute Gasteiger partial charge is 0.126 e. The normalized spacial score (nSPS) is 11.4. The number of nitriles is 1. The Morgan fingerprint density at radius 1 is 0.267 bits per heavy atom. The number of hydrogen-bond donors (Lipinski definition) is 0. The lowest BCUT2D eigenvalue weighted by Gasteiger charge is -2.21. The highest BCUT2D eigenvalue weighted by atomic mass is 19.1. The zero-order valence-electron chi connectivity index (χ0n) is 48.2. The van der Waals surface area contributed by atoms with E-state index in [0.29, 0.717) is 22.5 Å². The Balaban J connectivity index is 0.973. The number of aromatic nitrogens is 6. The van der Waals surface area contributed by atoms with Crippen molar-refractivity contribution < 1.29 is 8.78 Å². The zero-order chi connectivity index (χ0) is 60.2. The van der Waals surface area contributed by atoms with Crippen LogP contribution in [0.2, 0.25) is 0 Å². The molecule has 90 heavy (non-hydrogen) atoms. The van der Waals surface area contributed by atoms with Crippen molar-refractivity contribution in [3.8, 4) is 118 Å². The van der Waals surface area contributed by atoms with Crippen molar-refractivity contribution in [3.05, 3.63) is 315 Å². The van der Waals surface area contributed by atoms with Crippen LogP contribution in [0.4, 0.5) is 8.78 Å². The van der Waals surface area contributed by atoms with Crippen LogP contribution in [-0.2, 0) is 0 Å². The molecular weight excluding hydrogens is 1110 g/mol. The molecule has 0 radical (unpaired) electrons. The van der Waals surface area contributed by atoms with Crippen molar-refractivity contribution in [1.29, 1.82) is 5.26 Å². The minimum absolute atomic E-state index is 0.273. The number of benzene rings is 10. The molecule has 6 heterocycles. The zero-order valence-corrected chi connectivity index (χ0v) is 48.2. The lowest BCUT2D eigenvalue weighted by molar-refractivity contribution is 0.584. The molecule has 0 bridgehead atoms. The van der Waals surface area contributed by atoms with Gasteiger partial charge in [-0.25, -0.2) is 8.78 Å². The van der Waals surface area contributed by atoms with E-state index >= 15 is 8.78 Å². The van der Waals surface area contributed by atoms with E-state index in [-0.39, 0.29) is 5.56 Å². The van der Waals surface area contributed by atoms with Gasteiger partial charge in [0, 0.05) is 102 Å². The lowest BCUT2D eigenvalue weighted by Crippen LogP contribution is -2.06. The summed E-state index contributed by atoms with van der Waals surface area (Å²) in [6.45, 7) is 0. The molecule has 16 rings (SSSR count). The van der Waals surface area contributed by atoms with Gasteiger partial charge in [0.15, 0.2) is 0 Å². The fraction of sp³-hybridized carbons (Fsp3) is 0. The molecular formula is C81H49F2N7. The molecule has 0 unspecified atom stereocenters. The van der Waals surface area contributed by atoms with Crippen molar-refractivity contribution in [1.82, 2.24) is 29.1 Å². The summed E-state index contributed by atoms with van der Waals surface area (Å²) in [6.07, 6.45) is 7.56. The van der Waals surface area contributed by atoms with Crippen LogP contribution in [0.1, 0.15) is 5.56 Å². The largest absolute Gasteiger partial charge is 0.308 e. The van der Waals surface area contributed by atoms with Crippen molar-refractivity contribution >= 4 is 43.6 Å². The third-order valence-corrected chi connectivity index (χ3v) is 17.1. The first-order chi connectivity index (χ1) is 44.3. The van der Waals surface area contributed by atoms with Crippen LogP contribution in [0, 0.1) is 23.0 Å². The summed E-state index contributed by atoms with van der Waals surface area (Å²) in [7, 11) is 0. The van der Waals surface area contributed by atoms with Crippen molar-refractivity contribution in [2.45, 2.75) is 0 Å². The van der Waals surface area contributed by atoms with E-state index in [9.17, 15) is 5.26 Å². The van der Waals surface area contributed by atoms with Gasteiger partial charge in [0.05, 0.1) is 67.8 Å². The fourth-order valence-electron chi connectivity index (χ4n) is 12.7. The lowest BCUT2D eigenvalue weighted by atomic mass is 9.97. The monoisotopic (exact) mass is 1160 g/mol. The molecule has 6 aromatic heterocycles. The molecule has 0 spiro atoms. The molecule has 9 heteroatoms. The average Bonchev–Trinajstić information content (AvgIpc) is 1.56. The summed E-state index contributed by atoms with van der Waals surface area (Å²) < 4.78 is 37.1. The molecule has 0 N–H and O–H groups in total. The molecule has 0 aliphatic rings. The van der Waals surface area contributed by atoms with E-state index in [4.69, 9.17) is 19.9 Å². The maximum absolute atomic E-state index is 16.4. The number of pyridine rings is 4. The van der Waals surface area contributed by atoms with Gasteiger partial charge >= 0.3 is 0 Å². The number of halogens is 2. The number of hydrogen-bond acceptors (Lipinski definition) is 5. The van der Waals surface area contributed by atoms with E-state index in [1.165, 1.54) is 12.1 Å². The van der Waals surface area contributed by atoms with Crippen molar-refractivity contribution in [2.24, 2.45) is 0 Å². The molecule has 0 fully saturated rings. The predicted molar refractivity (Wildman–Crippen MR) is 360 cm³/mol. The fourth-order valence-corrected chi connectivity index (χ4v) is 12.7. The van der Waals surface area contributed by atoms with Crippen LogP contribution in [0.5, 0.6) is 0 Å². The van der Waals surface area contributed by atoms with Crippen molar-refractivity contribution in [3.63, 3.8) is 0 Å².